The second-order valence-corrected chi connectivity index (χ2v) is 5.24. The second-order valence-electron chi connectivity index (χ2n) is 4.45. The van der Waals surface area contributed by atoms with Gasteiger partial charge in [0, 0.05) is 6.54 Å². The third kappa shape index (κ3) is 5.38. The molecule has 0 aliphatic rings. The zero-order valence-corrected chi connectivity index (χ0v) is 13.0. The summed E-state index contributed by atoms with van der Waals surface area (Å²) >= 11 is 12.1. The molecule has 1 amide bonds. The molecule has 0 atom stereocenters. The Morgan fingerprint density at radius 1 is 1.38 bits per heavy atom. The van der Waals surface area contributed by atoms with Crippen LogP contribution in [0, 0.1) is 6.92 Å². The highest BCUT2D eigenvalue weighted by Crippen LogP contribution is 2.32. The molecule has 21 heavy (non-hydrogen) atoms. The minimum absolute atomic E-state index is 0.0983. The summed E-state index contributed by atoms with van der Waals surface area (Å²) in [5.41, 5.74) is 1.11. The number of nitrogens with zero attached hydrogens (tertiary/aromatic N) is 1. The number of hydrogen-bond acceptors (Lipinski definition) is 3. The van der Waals surface area contributed by atoms with Gasteiger partial charge < -0.3 is 10.4 Å². The van der Waals surface area contributed by atoms with Crippen molar-refractivity contribution in [2.75, 3.05) is 25.0 Å². The van der Waals surface area contributed by atoms with Crippen LogP contribution in [0.1, 0.15) is 5.56 Å². The van der Waals surface area contributed by atoms with Crippen LogP contribution in [0.3, 0.4) is 0 Å². The van der Waals surface area contributed by atoms with Crippen LogP contribution in [0.2, 0.25) is 10.0 Å². The summed E-state index contributed by atoms with van der Waals surface area (Å²) < 4.78 is 0. The summed E-state index contributed by atoms with van der Waals surface area (Å²) in [6.07, 6.45) is 1.53. The number of hydrogen-bond donors (Lipinski definition) is 2. The van der Waals surface area contributed by atoms with Crippen molar-refractivity contribution in [1.82, 2.24) is 4.90 Å². The maximum Gasteiger partial charge on any atom is 0.317 e. The van der Waals surface area contributed by atoms with E-state index in [1.54, 1.807) is 19.1 Å². The summed E-state index contributed by atoms with van der Waals surface area (Å²) in [7, 11) is 0. The fourth-order valence-corrected chi connectivity index (χ4v) is 2.18. The van der Waals surface area contributed by atoms with E-state index in [0.29, 0.717) is 15.7 Å². The number of carboxylic acids is 1. The molecule has 1 aromatic carbocycles. The van der Waals surface area contributed by atoms with Crippen LogP contribution in [0.5, 0.6) is 0 Å². The highest BCUT2D eigenvalue weighted by atomic mass is 35.5. The van der Waals surface area contributed by atoms with E-state index in [1.165, 1.54) is 11.0 Å². The number of aryl methyl sites for hydroxylation is 1. The van der Waals surface area contributed by atoms with Crippen molar-refractivity contribution < 1.29 is 14.7 Å². The molecule has 0 bridgehead atoms. The molecule has 0 aliphatic heterocycles. The van der Waals surface area contributed by atoms with Gasteiger partial charge >= 0.3 is 5.97 Å². The quantitative estimate of drug-likeness (QED) is 0.754. The van der Waals surface area contributed by atoms with Gasteiger partial charge in [-0.05, 0) is 18.6 Å². The molecule has 0 aliphatic carbocycles. The lowest BCUT2D eigenvalue weighted by Gasteiger charge is -2.18. The molecule has 0 unspecified atom stereocenters. The smallest absolute Gasteiger partial charge is 0.317 e. The summed E-state index contributed by atoms with van der Waals surface area (Å²) in [4.78, 5) is 24.2. The van der Waals surface area contributed by atoms with Crippen molar-refractivity contribution in [3.05, 3.63) is 40.4 Å². The Morgan fingerprint density at radius 2 is 2.05 bits per heavy atom. The van der Waals surface area contributed by atoms with Crippen LogP contribution in [-0.2, 0) is 9.59 Å². The van der Waals surface area contributed by atoms with E-state index in [0.717, 1.165) is 5.56 Å². The molecule has 5 nitrogen and oxygen atoms in total. The predicted molar refractivity (Wildman–Crippen MR) is 84.1 cm³/mol. The van der Waals surface area contributed by atoms with E-state index in [2.05, 4.69) is 11.9 Å². The third-order valence-electron chi connectivity index (χ3n) is 2.66. The summed E-state index contributed by atoms with van der Waals surface area (Å²) in [5.74, 6) is -1.41. The minimum Gasteiger partial charge on any atom is -0.480 e. The molecule has 0 fully saturated rings. The molecular formula is C14H16Cl2N2O3. The first-order valence-corrected chi connectivity index (χ1v) is 6.90. The van der Waals surface area contributed by atoms with Crippen LogP contribution in [0.25, 0.3) is 0 Å². The zero-order chi connectivity index (χ0) is 16.0. The van der Waals surface area contributed by atoms with E-state index in [-0.39, 0.29) is 19.6 Å². The molecule has 2 N–H and O–H groups in total. The normalized spacial score (nSPS) is 10.5. The Kier molecular flexibility index (Phi) is 6.68. The van der Waals surface area contributed by atoms with Crippen LogP contribution in [0.4, 0.5) is 5.69 Å². The maximum atomic E-state index is 12.0. The minimum atomic E-state index is -1.02. The Balaban J connectivity index is 2.79. The van der Waals surface area contributed by atoms with E-state index in [4.69, 9.17) is 28.3 Å². The number of nitrogens with one attached hydrogen (secondary N) is 1. The third-order valence-corrected chi connectivity index (χ3v) is 3.46. The summed E-state index contributed by atoms with van der Waals surface area (Å²) in [6.45, 7) is 5.26. The average molecular weight is 331 g/mol. The molecule has 0 radical (unpaired) electrons. The van der Waals surface area contributed by atoms with Gasteiger partial charge in [-0.2, -0.15) is 0 Å². The molecule has 114 valence electrons. The SMILES string of the molecule is C=CCN(CC(=O)O)CC(=O)Nc1c(Cl)ccc(C)c1Cl. The second kappa shape index (κ2) is 8.02. The fourth-order valence-electron chi connectivity index (χ4n) is 1.71. The monoisotopic (exact) mass is 330 g/mol. The lowest BCUT2D eigenvalue weighted by Crippen LogP contribution is -2.37. The van der Waals surface area contributed by atoms with E-state index in [1.807, 2.05) is 0 Å². The largest absolute Gasteiger partial charge is 0.480 e. The number of carbonyl (C=O) groups excluding carboxylic acids is 1. The van der Waals surface area contributed by atoms with Crippen molar-refractivity contribution >= 4 is 40.8 Å². The lowest BCUT2D eigenvalue weighted by atomic mass is 10.2. The number of carbonyl (C=O) groups is 2. The molecule has 1 aromatic rings. The number of rotatable bonds is 7. The average Bonchev–Trinajstić information content (AvgIpc) is 2.39. The van der Waals surface area contributed by atoms with Gasteiger partial charge in [-0.3, -0.25) is 14.5 Å². The van der Waals surface area contributed by atoms with Crippen molar-refractivity contribution in [1.29, 1.82) is 0 Å². The van der Waals surface area contributed by atoms with Crippen LogP contribution in [0.15, 0.2) is 24.8 Å². The van der Waals surface area contributed by atoms with Crippen molar-refractivity contribution in [2.45, 2.75) is 6.92 Å². The van der Waals surface area contributed by atoms with Crippen LogP contribution in [-0.4, -0.2) is 41.5 Å². The molecule has 7 heteroatoms. The molecule has 0 aromatic heterocycles. The molecular weight excluding hydrogens is 315 g/mol. The fraction of sp³-hybridized carbons (Fsp3) is 0.286. The molecule has 0 saturated heterocycles. The standard InChI is InChI=1S/C14H16Cl2N2O3/c1-3-6-18(8-12(20)21)7-11(19)17-14-10(15)5-4-9(2)13(14)16/h3-5H,1,6-8H2,2H3,(H,17,19)(H,20,21). The topological polar surface area (TPSA) is 69.6 Å². The number of carboxylic acid groups (broad SMARTS) is 1. The van der Waals surface area contributed by atoms with Gasteiger partial charge in [-0.15, -0.1) is 6.58 Å². The maximum absolute atomic E-state index is 12.0. The van der Waals surface area contributed by atoms with Gasteiger partial charge in [-0.25, -0.2) is 0 Å². The Hall–Kier alpha value is -1.56. The van der Waals surface area contributed by atoms with Gasteiger partial charge in [0.15, 0.2) is 0 Å². The Bertz CT molecular complexity index is 561. The highest BCUT2D eigenvalue weighted by molar-refractivity contribution is 6.40. The van der Waals surface area contributed by atoms with Crippen LogP contribution >= 0.6 is 23.2 Å². The molecule has 0 spiro atoms. The number of halogens is 2. The van der Waals surface area contributed by atoms with E-state index in [9.17, 15) is 9.59 Å². The lowest BCUT2D eigenvalue weighted by molar-refractivity contribution is -0.138. The first-order valence-electron chi connectivity index (χ1n) is 6.14. The van der Waals surface area contributed by atoms with Gasteiger partial charge in [0.25, 0.3) is 0 Å². The van der Waals surface area contributed by atoms with E-state index < -0.39 is 11.9 Å². The Labute approximate surface area is 133 Å². The van der Waals surface area contributed by atoms with Gasteiger partial charge in [-0.1, -0.05) is 35.3 Å². The molecule has 0 saturated carbocycles. The Morgan fingerprint density at radius 3 is 2.62 bits per heavy atom. The van der Waals surface area contributed by atoms with Gasteiger partial charge in [0.05, 0.1) is 28.8 Å². The highest BCUT2D eigenvalue weighted by Gasteiger charge is 2.16. The van der Waals surface area contributed by atoms with Gasteiger partial charge in [0.2, 0.25) is 5.91 Å². The van der Waals surface area contributed by atoms with Crippen molar-refractivity contribution in [2.24, 2.45) is 0 Å². The molecule has 0 heterocycles. The van der Waals surface area contributed by atoms with Crippen LogP contribution < -0.4 is 5.32 Å². The number of benzene rings is 1. The zero-order valence-electron chi connectivity index (χ0n) is 11.5. The van der Waals surface area contributed by atoms with Crippen molar-refractivity contribution in [3.8, 4) is 0 Å². The summed E-state index contributed by atoms with van der Waals surface area (Å²) in [5, 5.41) is 12.1. The summed E-state index contributed by atoms with van der Waals surface area (Å²) in [6, 6.07) is 3.38. The predicted octanol–water partition coefficient (Wildman–Crippen LogP) is 2.81. The van der Waals surface area contributed by atoms with E-state index >= 15 is 0 Å². The van der Waals surface area contributed by atoms with Crippen molar-refractivity contribution in [3.63, 3.8) is 0 Å². The number of anilines is 1. The number of amides is 1. The first-order chi connectivity index (χ1) is 9.85. The molecule has 1 rings (SSSR count). The number of aliphatic carboxylic acids is 1. The van der Waals surface area contributed by atoms with Gasteiger partial charge in [0.1, 0.15) is 0 Å². The first kappa shape index (κ1) is 17.5.